The fourth-order valence-corrected chi connectivity index (χ4v) is 0.738. The first-order chi connectivity index (χ1) is 7.42. The van der Waals surface area contributed by atoms with Gasteiger partial charge in [0.15, 0.2) is 0 Å². The number of amides is 2. The van der Waals surface area contributed by atoms with E-state index in [1.165, 1.54) is 0 Å². The minimum Gasteiger partial charge on any atom is -0.444 e. The fourth-order valence-electron chi connectivity index (χ4n) is 0.738. The van der Waals surface area contributed by atoms with Gasteiger partial charge < -0.3 is 4.74 Å². The van der Waals surface area contributed by atoms with Crippen LogP contribution in [0.1, 0.15) is 41.5 Å². The van der Waals surface area contributed by atoms with Crippen molar-refractivity contribution in [2.75, 3.05) is 0 Å². The van der Waals surface area contributed by atoms with Gasteiger partial charge in [0.05, 0.1) is 0 Å². The Morgan fingerprint density at radius 3 is 1.82 bits per heavy atom. The van der Waals surface area contributed by atoms with E-state index in [1.54, 1.807) is 41.5 Å². The van der Waals surface area contributed by atoms with Crippen LogP contribution in [-0.2, 0) is 9.53 Å². The van der Waals surface area contributed by atoms with Crippen molar-refractivity contribution in [3.05, 3.63) is 0 Å². The first-order valence-corrected chi connectivity index (χ1v) is 5.32. The first-order valence-electron chi connectivity index (χ1n) is 5.32. The summed E-state index contributed by atoms with van der Waals surface area (Å²) in [6.07, 6.45) is -0.767. The molecular formula is C11H21N3O3. The van der Waals surface area contributed by atoms with E-state index < -0.39 is 17.1 Å². The van der Waals surface area contributed by atoms with Crippen LogP contribution < -0.4 is 10.6 Å². The maximum absolute atomic E-state index is 11.5. The van der Waals surface area contributed by atoms with Crippen LogP contribution in [-0.4, -0.2) is 23.6 Å². The molecule has 0 aromatic heterocycles. The molecule has 0 atom stereocenters. The van der Waals surface area contributed by atoms with Gasteiger partial charge in [0, 0.05) is 5.41 Å². The van der Waals surface area contributed by atoms with Crippen molar-refractivity contribution >= 4 is 18.0 Å². The van der Waals surface area contributed by atoms with Gasteiger partial charge in [0.25, 0.3) is 0 Å². The summed E-state index contributed by atoms with van der Waals surface area (Å²) < 4.78 is 4.93. The van der Waals surface area contributed by atoms with Crippen molar-refractivity contribution < 1.29 is 14.3 Å². The van der Waals surface area contributed by atoms with Gasteiger partial charge in [-0.1, -0.05) is 20.8 Å². The maximum atomic E-state index is 11.5. The van der Waals surface area contributed by atoms with Crippen molar-refractivity contribution in [1.82, 2.24) is 10.6 Å². The van der Waals surface area contributed by atoms with Crippen LogP contribution in [0.2, 0.25) is 0 Å². The smallest absolute Gasteiger partial charge is 0.414 e. The Labute approximate surface area is 102 Å². The standard InChI is InChI=1S/C11H21N3O3/c1-10(2,3)7(15)13-8(12)14-9(16)17-11(4,5)6/h1-6H3,(H3,12,13,14,15,16). The molecule has 3 N–H and O–H groups in total. The summed E-state index contributed by atoms with van der Waals surface area (Å²) in [7, 11) is 0. The van der Waals surface area contributed by atoms with Crippen LogP contribution in [0.5, 0.6) is 0 Å². The molecule has 17 heavy (non-hydrogen) atoms. The molecule has 0 saturated heterocycles. The molecule has 0 aliphatic heterocycles. The first kappa shape index (κ1) is 15.4. The van der Waals surface area contributed by atoms with Crippen LogP contribution in [0.4, 0.5) is 4.79 Å². The average molecular weight is 243 g/mol. The second-order valence-electron chi connectivity index (χ2n) is 5.71. The quantitative estimate of drug-likeness (QED) is 0.446. The number of rotatable bonds is 0. The predicted molar refractivity (Wildman–Crippen MR) is 64.7 cm³/mol. The molecule has 6 nitrogen and oxygen atoms in total. The van der Waals surface area contributed by atoms with Crippen LogP contribution in [0, 0.1) is 10.8 Å². The molecule has 0 aromatic carbocycles. The SMILES string of the molecule is CC(C)(C)OC(=O)NC(=N)NC(=O)C(C)(C)C. The Morgan fingerprint density at radius 2 is 1.47 bits per heavy atom. The average Bonchev–Trinajstić information content (AvgIpc) is 1.96. The van der Waals surface area contributed by atoms with E-state index in [1.807, 2.05) is 0 Å². The Kier molecular flexibility index (Phi) is 4.68. The van der Waals surface area contributed by atoms with E-state index in [-0.39, 0.29) is 11.9 Å². The van der Waals surface area contributed by atoms with E-state index in [2.05, 4.69) is 10.6 Å². The highest BCUT2D eigenvalue weighted by Crippen LogP contribution is 2.12. The molecule has 98 valence electrons. The zero-order valence-corrected chi connectivity index (χ0v) is 11.2. The summed E-state index contributed by atoms with van der Waals surface area (Å²) in [6.45, 7) is 10.3. The van der Waals surface area contributed by atoms with Crippen LogP contribution in [0.25, 0.3) is 0 Å². The summed E-state index contributed by atoms with van der Waals surface area (Å²) in [5.74, 6) is -0.738. The van der Waals surface area contributed by atoms with Gasteiger partial charge in [0.2, 0.25) is 11.9 Å². The lowest BCUT2D eigenvalue weighted by atomic mass is 9.96. The number of alkyl carbamates (subject to hydrolysis) is 1. The molecule has 0 heterocycles. The molecular weight excluding hydrogens is 222 g/mol. The highest BCUT2D eigenvalue weighted by Gasteiger charge is 2.23. The highest BCUT2D eigenvalue weighted by molar-refractivity contribution is 6.02. The maximum Gasteiger partial charge on any atom is 0.414 e. The number of carbonyl (C=O) groups excluding carboxylic acids is 2. The largest absolute Gasteiger partial charge is 0.444 e. The molecule has 0 bridgehead atoms. The van der Waals surface area contributed by atoms with Gasteiger partial charge in [-0.2, -0.15) is 0 Å². The van der Waals surface area contributed by atoms with Crippen LogP contribution >= 0.6 is 0 Å². The van der Waals surface area contributed by atoms with E-state index in [4.69, 9.17) is 10.1 Å². The molecule has 0 aliphatic carbocycles. The molecule has 0 unspecified atom stereocenters. The molecule has 0 fully saturated rings. The molecule has 0 saturated carbocycles. The topological polar surface area (TPSA) is 91.3 Å². The van der Waals surface area contributed by atoms with Crippen molar-refractivity contribution in [3.8, 4) is 0 Å². The second kappa shape index (κ2) is 5.16. The number of ether oxygens (including phenoxy) is 1. The molecule has 2 amide bonds. The lowest BCUT2D eigenvalue weighted by molar-refractivity contribution is -0.127. The fraction of sp³-hybridized carbons (Fsp3) is 0.727. The van der Waals surface area contributed by atoms with E-state index >= 15 is 0 Å². The van der Waals surface area contributed by atoms with E-state index in [9.17, 15) is 9.59 Å². The molecule has 0 rings (SSSR count). The Balaban J connectivity index is 4.21. The number of guanidine groups is 1. The van der Waals surface area contributed by atoms with Gasteiger partial charge in [-0.15, -0.1) is 0 Å². The van der Waals surface area contributed by atoms with Gasteiger partial charge in [-0.25, -0.2) is 4.79 Å². The molecule has 0 aliphatic rings. The van der Waals surface area contributed by atoms with Crippen molar-refractivity contribution in [3.63, 3.8) is 0 Å². The van der Waals surface area contributed by atoms with E-state index in [0.717, 1.165) is 0 Å². The highest BCUT2D eigenvalue weighted by atomic mass is 16.6. The van der Waals surface area contributed by atoms with Gasteiger partial charge in [-0.05, 0) is 20.8 Å². The lowest BCUT2D eigenvalue weighted by Gasteiger charge is -2.21. The summed E-state index contributed by atoms with van der Waals surface area (Å²) in [5, 5.41) is 11.8. The van der Waals surface area contributed by atoms with Gasteiger partial charge in [-0.3, -0.25) is 20.8 Å². The van der Waals surface area contributed by atoms with E-state index in [0.29, 0.717) is 0 Å². The Morgan fingerprint density at radius 1 is 1.00 bits per heavy atom. The normalized spacial score (nSPS) is 11.6. The van der Waals surface area contributed by atoms with Crippen LogP contribution in [0.15, 0.2) is 0 Å². The minimum absolute atomic E-state index is 0.349. The molecule has 6 heteroatoms. The minimum atomic E-state index is -0.767. The number of nitrogens with one attached hydrogen (secondary N) is 3. The lowest BCUT2D eigenvalue weighted by Crippen LogP contribution is -2.48. The number of hydrogen-bond acceptors (Lipinski definition) is 4. The Bertz CT molecular complexity index is 324. The monoisotopic (exact) mass is 243 g/mol. The third-order valence-electron chi connectivity index (χ3n) is 1.55. The predicted octanol–water partition coefficient (Wildman–Crippen LogP) is 1.61. The molecule has 0 spiro atoms. The summed E-state index contributed by atoms with van der Waals surface area (Å²) in [5.41, 5.74) is -1.26. The molecule has 0 radical (unpaired) electrons. The van der Waals surface area contributed by atoms with Crippen molar-refractivity contribution in [2.24, 2.45) is 5.41 Å². The van der Waals surface area contributed by atoms with Crippen molar-refractivity contribution in [1.29, 1.82) is 5.41 Å². The third kappa shape index (κ3) is 7.32. The summed E-state index contributed by atoms with van der Waals surface area (Å²) >= 11 is 0. The zero-order chi connectivity index (χ0) is 13.9. The molecule has 0 aromatic rings. The third-order valence-corrected chi connectivity index (χ3v) is 1.55. The van der Waals surface area contributed by atoms with Gasteiger partial charge in [0.1, 0.15) is 5.60 Å². The van der Waals surface area contributed by atoms with Crippen LogP contribution in [0.3, 0.4) is 0 Å². The Hall–Kier alpha value is -1.59. The summed E-state index contributed by atoms with van der Waals surface area (Å²) in [4.78, 5) is 22.8. The van der Waals surface area contributed by atoms with Crippen molar-refractivity contribution in [2.45, 2.75) is 47.1 Å². The number of carbonyl (C=O) groups is 2. The number of hydrogen-bond donors (Lipinski definition) is 3. The second-order valence-corrected chi connectivity index (χ2v) is 5.71. The van der Waals surface area contributed by atoms with Gasteiger partial charge >= 0.3 is 6.09 Å². The summed E-state index contributed by atoms with van der Waals surface area (Å²) in [6, 6.07) is 0. The zero-order valence-electron chi connectivity index (χ0n) is 11.2.